The number of methoxy groups -OCH3 is 2. The molecule has 0 spiro atoms. The third kappa shape index (κ3) is 4.35. The fraction of sp³-hybridized carbons (Fsp3) is 0.207. The lowest BCUT2D eigenvalue weighted by Gasteiger charge is -2.23. The first-order chi connectivity index (χ1) is 18.4. The maximum Gasteiger partial charge on any atom is 0.301 e. The zero-order valence-electron chi connectivity index (χ0n) is 21.3. The summed E-state index contributed by atoms with van der Waals surface area (Å²) in [6.07, 6.45) is 0. The number of ketones is 1. The number of fused-ring (bicyclic) bond motifs is 1. The highest BCUT2D eigenvalue weighted by Gasteiger charge is 2.48. The van der Waals surface area contributed by atoms with Gasteiger partial charge in [0.2, 0.25) is 0 Å². The third-order valence-corrected chi connectivity index (χ3v) is 7.38. The second-order valence-corrected chi connectivity index (χ2v) is 9.72. The molecule has 3 aromatic carbocycles. The first-order valence-electron chi connectivity index (χ1n) is 12.0. The molecule has 1 aliphatic heterocycles. The number of anilines is 1. The van der Waals surface area contributed by atoms with Gasteiger partial charge in [0.25, 0.3) is 5.78 Å². The molecule has 1 amide bonds. The minimum atomic E-state index is -0.942. The van der Waals surface area contributed by atoms with Gasteiger partial charge in [0.1, 0.15) is 11.5 Å². The van der Waals surface area contributed by atoms with Crippen LogP contribution in [0.2, 0.25) is 0 Å². The fourth-order valence-electron chi connectivity index (χ4n) is 4.49. The Kier molecular flexibility index (Phi) is 6.77. The number of benzene rings is 3. The van der Waals surface area contributed by atoms with Crippen molar-refractivity contribution in [2.75, 3.05) is 25.7 Å². The highest BCUT2D eigenvalue weighted by Crippen LogP contribution is 2.46. The average Bonchev–Trinajstić information content (AvgIpc) is 3.46. The van der Waals surface area contributed by atoms with Crippen LogP contribution in [0.3, 0.4) is 0 Å². The summed E-state index contributed by atoms with van der Waals surface area (Å²) < 4.78 is 17.3. The van der Waals surface area contributed by atoms with Crippen LogP contribution in [-0.2, 0) is 9.59 Å². The normalized spacial score (nSPS) is 16.7. The number of aliphatic hydroxyl groups excluding tert-OH is 1. The Morgan fingerprint density at radius 2 is 1.74 bits per heavy atom. The largest absolute Gasteiger partial charge is 0.507 e. The zero-order valence-corrected chi connectivity index (χ0v) is 22.2. The first kappa shape index (κ1) is 25.3. The number of rotatable bonds is 7. The van der Waals surface area contributed by atoms with E-state index in [-0.39, 0.29) is 11.3 Å². The van der Waals surface area contributed by atoms with Gasteiger partial charge in [-0.05, 0) is 49.7 Å². The summed E-state index contributed by atoms with van der Waals surface area (Å²) >= 11 is 1.27. The van der Waals surface area contributed by atoms with E-state index in [1.54, 1.807) is 30.3 Å². The number of carbonyl (C=O) groups excluding carboxylic acids is 2. The van der Waals surface area contributed by atoms with Crippen LogP contribution >= 0.6 is 11.3 Å². The minimum absolute atomic E-state index is 0.0275. The molecule has 1 aromatic heterocycles. The Morgan fingerprint density at radius 1 is 1.00 bits per heavy atom. The zero-order chi connectivity index (χ0) is 27.0. The lowest BCUT2D eigenvalue weighted by atomic mass is 9.95. The molecule has 5 rings (SSSR count). The fourth-order valence-corrected chi connectivity index (χ4v) is 5.51. The Morgan fingerprint density at radius 3 is 2.42 bits per heavy atom. The predicted molar refractivity (Wildman–Crippen MR) is 146 cm³/mol. The molecule has 1 aliphatic rings. The summed E-state index contributed by atoms with van der Waals surface area (Å²) in [4.78, 5) is 33.0. The molecule has 1 saturated heterocycles. The highest BCUT2D eigenvalue weighted by molar-refractivity contribution is 7.22. The third-order valence-electron chi connectivity index (χ3n) is 6.36. The first-order valence-corrected chi connectivity index (χ1v) is 12.8. The molecule has 194 valence electrons. The molecule has 0 saturated carbocycles. The number of nitrogens with zero attached hydrogens (tertiary/aromatic N) is 2. The molecular formula is C29H26N2O6S. The lowest BCUT2D eigenvalue weighted by Crippen LogP contribution is -2.29. The van der Waals surface area contributed by atoms with Gasteiger partial charge in [-0.3, -0.25) is 14.5 Å². The van der Waals surface area contributed by atoms with Crippen LogP contribution in [0.5, 0.6) is 17.2 Å². The maximum absolute atomic E-state index is 13.5. The van der Waals surface area contributed by atoms with Crippen molar-refractivity contribution in [1.29, 1.82) is 0 Å². The van der Waals surface area contributed by atoms with Crippen LogP contribution in [0, 0.1) is 6.92 Å². The number of hydrogen-bond donors (Lipinski definition) is 1. The van der Waals surface area contributed by atoms with E-state index >= 15 is 0 Å². The molecule has 0 aliphatic carbocycles. The number of carbonyl (C=O) groups is 2. The van der Waals surface area contributed by atoms with Gasteiger partial charge in [0.05, 0.1) is 42.7 Å². The summed E-state index contributed by atoms with van der Waals surface area (Å²) in [7, 11) is 3.03. The smallest absolute Gasteiger partial charge is 0.301 e. The predicted octanol–water partition coefficient (Wildman–Crippen LogP) is 5.65. The number of thiazole rings is 1. The average molecular weight is 531 g/mol. The molecule has 4 aromatic rings. The Labute approximate surface area is 223 Å². The molecule has 1 atom stereocenters. The minimum Gasteiger partial charge on any atom is -0.507 e. The van der Waals surface area contributed by atoms with Crippen molar-refractivity contribution >= 4 is 44.1 Å². The van der Waals surface area contributed by atoms with E-state index in [1.165, 1.54) is 30.5 Å². The van der Waals surface area contributed by atoms with Gasteiger partial charge in [-0.25, -0.2) is 4.98 Å². The van der Waals surface area contributed by atoms with Gasteiger partial charge in [-0.1, -0.05) is 47.2 Å². The Hall–Kier alpha value is -4.37. The molecule has 1 N–H and O–H groups in total. The highest BCUT2D eigenvalue weighted by atomic mass is 32.1. The second kappa shape index (κ2) is 10.2. The van der Waals surface area contributed by atoms with Crippen molar-refractivity contribution in [2.24, 2.45) is 0 Å². The molecule has 0 radical (unpaired) electrons. The molecule has 38 heavy (non-hydrogen) atoms. The number of aromatic nitrogens is 1. The summed E-state index contributed by atoms with van der Waals surface area (Å²) in [5.74, 6) is -0.218. The van der Waals surface area contributed by atoms with Crippen molar-refractivity contribution in [3.8, 4) is 17.2 Å². The van der Waals surface area contributed by atoms with E-state index in [0.717, 1.165) is 10.3 Å². The maximum atomic E-state index is 13.5. The number of aliphatic hydroxyl groups is 1. The topological polar surface area (TPSA) is 98.2 Å². The van der Waals surface area contributed by atoms with Gasteiger partial charge in [0, 0.05) is 5.56 Å². The van der Waals surface area contributed by atoms with Crippen LogP contribution in [0.1, 0.15) is 29.7 Å². The van der Waals surface area contributed by atoms with Crippen molar-refractivity contribution in [2.45, 2.75) is 19.9 Å². The van der Waals surface area contributed by atoms with E-state index in [2.05, 4.69) is 4.98 Å². The summed E-state index contributed by atoms with van der Waals surface area (Å²) in [6.45, 7) is 4.35. The molecule has 1 fully saturated rings. The molecule has 2 heterocycles. The summed E-state index contributed by atoms with van der Waals surface area (Å²) in [5, 5.41) is 11.7. The van der Waals surface area contributed by atoms with Gasteiger partial charge >= 0.3 is 5.91 Å². The number of aryl methyl sites for hydroxylation is 1. The quantitative estimate of drug-likeness (QED) is 0.187. The van der Waals surface area contributed by atoms with Crippen molar-refractivity contribution in [1.82, 2.24) is 4.98 Å². The Balaban J connectivity index is 1.71. The lowest BCUT2D eigenvalue weighted by molar-refractivity contribution is -0.132. The monoisotopic (exact) mass is 530 g/mol. The van der Waals surface area contributed by atoms with Crippen LogP contribution in [0.4, 0.5) is 5.13 Å². The van der Waals surface area contributed by atoms with Gasteiger partial charge in [-0.2, -0.15) is 0 Å². The van der Waals surface area contributed by atoms with E-state index in [4.69, 9.17) is 14.2 Å². The van der Waals surface area contributed by atoms with Crippen LogP contribution in [0.15, 0.2) is 66.2 Å². The van der Waals surface area contributed by atoms with Crippen molar-refractivity contribution in [3.63, 3.8) is 0 Å². The SMILES string of the molecule is CCOc1ccc2nc(N3C(=O)C(=O)/C(=C(/O)c4ccc(C)cc4)[C@H]3c3ccc(OC)c(OC)c3)sc2c1. The van der Waals surface area contributed by atoms with E-state index in [9.17, 15) is 14.7 Å². The molecule has 8 nitrogen and oxygen atoms in total. The second-order valence-electron chi connectivity index (χ2n) is 8.71. The molecule has 0 unspecified atom stereocenters. The van der Waals surface area contributed by atoms with Crippen LogP contribution in [-0.4, -0.2) is 42.6 Å². The Bertz CT molecular complexity index is 1570. The van der Waals surface area contributed by atoms with Gasteiger partial charge in [-0.15, -0.1) is 0 Å². The number of amides is 1. The summed E-state index contributed by atoms with van der Waals surface area (Å²) in [5.41, 5.74) is 2.63. The van der Waals surface area contributed by atoms with E-state index in [0.29, 0.717) is 45.6 Å². The van der Waals surface area contributed by atoms with Crippen LogP contribution in [0.25, 0.3) is 16.0 Å². The number of Topliss-reactive ketones (excluding diaryl/α,β-unsaturated/α-hetero) is 1. The number of ether oxygens (including phenoxy) is 3. The van der Waals surface area contributed by atoms with E-state index < -0.39 is 17.7 Å². The van der Waals surface area contributed by atoms with Gasteiger partial charge < -0.3 is 19.3 Å². The molecule has 0 bridgehead atoms. The van der Waals surface area contributed by atoms with E-state index in [1.807, 2.05) is 44.2 Å². The van der Waals surface area contributed by atoms with Gasteiger partial charge in [0.15, 0.2) is 16.6 Å². The summed E-state index contributed by atoms with van der Waals surface area (Å²) in [6, 6.07) is 16.8. The standard InChI is InChI=1S/C29H26N2O6S/c1-5-37-19-11-12-20-23(15-19)38-29(30-20)31-25(18-10-13-21(35-3)22(14-18)36-4)24(27(33)28(31)34)26(32)17-8-6-16(2)7-9-17/h6-15,25,32H,5H2,1-4H3/b26-24+/t25-/m1/s1. The van der Waals surface area contributed by atoms with Crippen molar-refractivity contribution < 1.29 is 28.9 Å². The van der Waals surface area contributed by atoms with Crippen LogP contribution < -0.4 is 19.1 Å². The molecular weight excluding hydrogens is 504 g/mol. The van der Waals surface area contributed by atoms with Crippen molar-refractivity contribution in [3.05, 3.63) is 82.9 Å². The molecule has 9 heteroatoms. The number of hydrogen-bond acceptors (Lipinski definition) is 8.